The van der Waals surface area contributed by atoms with Gasteiger partial charge in [0.05, 0.1) is 17.1 Å². The number of anilines is 1. The number of rotatable bonds is 4. The first-order chi connectivity index (χ1) is 8.68. The van der Waals surface area contributed by atoms with Gasteiger partial charge < -0.3 is 10.0 Å². The van der Waals surface area contributed by atoms with Crippen molar-refractivity contribution in [2.24, 2.45) is 0 Å². The number of aliphatic hydroxyl groups excluding tert-OH is 1. The fourth-order valence-electron chi connectivity index (χ4n) is 1.53. The van der Waals surface area contributed by atoms with Gasteiger partial charge in [0.25, 0.3) is 5.69 Å². The highest BCUT2D eigenvalue weighted by molar-refractivity contribution is 5.59. The molecule has 0 fully saturated rings. The highest BCUT2D eigenvalue weighted by atomic mass is 19.4. The van der Waals surface area contributed by atoms with Crippen LogP contribution in [0.1, 0.15) is 12.5 Å². The lowest BCUT2D eigenvalue weighted by Crippen LogP contribution is -2.33. The van der Waals surface area contributed by atoms with Gasteiger partial charge in [-0.2, -0.15) is 13.2 Å². The van der Waals surface area contributed by atoms with Gasteiger partial charge in [0.2, 0.25) is 0 Å². The third-order valence-electron chi connectivity index (χ3n) is 2.80. The fourth-order valence-corrected chi connectivity index (χ4v) is 1.53. The van der Waals surface area contributed by atoms with Gasteiger partial charge in [-0.1, -0.05) is 0 Å². The molecule has 8 heteroatoms. The van der Waals surface area contributed by atoms with Gasteiger partial charge in [0.1, 0.15) is 0 Å². The van der Waals surface area contributed by atoms with Crippen molar-refractivity contribution in [3.8, 4) is 0 Å². The SMILES string of the molecule is CC(CO)N(C)c1ccc([N+](=O)[O-])cc1C(F)(F)F. The molecule has 106 valence electrons. The molecule has 0 radical (unpaired) electrons. The van der Waals surface area contributed by atoms with Crippen LogP contribution in [0.4, 0.5) is 24.5 Å². The molecule has 0 spiro atoms. The van der Waals surface area contributed by atoms with Crippen LogP contribution < -0.4 is 4.90 Å². The quantitative estimate of drug-likeness (QED) is 0.678. The molecule has 0 aromatic heterocycles. The summed E-state index contributed by atoms with van der Waals surface area (Å²) in [6.07, 6.45) is -4.70. The van der Waals surface area contributed by atoms with Crippen LogP contribution in [-0.4, -0.2) is 29.7 Å². The molecule has 0 saturated carbocycles. The molecule has 0 bridgehead atoms. The Morgan fingerprint density at radius 2 is 2.05 bits per heavy atom. The zero-order chi connectivity index (χ0) is 14.8. The second-order valence-corrected chi connectivity index (χ2v) is 4.10. The van der Waals surface area contributed by atoms with Crippen LogP contribution in [-0.2, 0) is 6.18 Å². The molecule has 5 nitrogen and oxygen atoms in total. The number of alkyl halides is 3. The van der Waals surface area contributed by atoms with Crippen molar-refractivity contribution >= 4 is 11.4 Å². The molecule has 0 heterocycles. The van der Waals surface area contributed by atoms with Gasteiger partial charge in [0, 0.05) is 30.9 Å². The van der Waals surface area contributed by atoms with Crippen molar-refractivity contribution < 1.29 is 23.2 Å². The average molecular weight is 278 g/mol. The lowest BCUT2D eigenvalue weighted by molar-refractivity contribution is -0.385. The minimum absolute atomic E-state index is 0.209. The van der Waals surface area contributed by atoms with Crippen LogP contribution in [0.3, 0.4) is 0 Å². The highest BCUT2D eigenvalue weighted by Crippen LogP contribution is 2.38. The van der Waals surface area contributed by atoms with Crippen molar-refractivity contribution in [3.05, 3.63) is 33.9 Å². The Labute approximate surface area is 107 Å². The third-order valence-corrected chi connectivity index (χ3v) is 2.80. The number of nitrogens with zero attached hydrogens (tertiary/aromatic N) is 2. The topological polar surface area (TPSA) is 66.6 Å². The first kappa shape index (κ1) is 15.2. The smallest absolute Gasteiger partial charge is 0.394 e. The van der Waals surface area contributed by atoms with E-state index in [4.69, 9.17) is 5.11 Å². The summed E-state index contributed by atoms with van der Waals surface area (Å²) in [7, 11) is 1.39. The Hall–Kier alpha value is -1.83. The maximum Gasteiger partial charge on any atom is 0.418 e. The van der Waals surface area contributed by atoms with E-state index in [1.807, 2.05) is 0 Å². The summed E-state index contributed by atoms with van der Waals surface area (Å²) in [4.78, 5) is 10.9. The Bertz CT molecular complexity index is 477. The number of nitro groups is 1. The number of halogens is 3. The maximum absolute atomic E-state index is 12.9. The molecule has 0 aliphatic heterocycles. The molecule has 1 N–H and O–H groups in total. The maximum atomic E-state index is 12.9. The normalized spacial score (nSPS) is 13.2. The van der Waals surface area contributed by atoms with Crippen molar-refractivity contribution in [2.75, 3.05) is 18.6 Å². The van der Waals surface area contributed by atoms with Gasteiger partial charge >= 0.3 is 6.18 Å². The highest BCUT2D eigenvalue weighted by Gasteiger charge is 2.36. The predicted octanol–water partition coefficient (Wildman–Crippen LogP) is 2.43. The molecule has 19 heavy (non-hydrogen) atoms. The van der Waals surface area contributed by atoms with Crippen LogP contribution in [0.15, 0.2) is 18.2 Å². The molecule has 1 aromatic rings. The molecule has 1 atom stereocenters. The Morgan fingerprint density at radius 3 is 2.47 bits per heavy atom. The Kier molecular flexibility index (Phi) is 4.35. The molecule has 0 aliphatic rings. The summed E-state index contributed by atoms with van der Waals surface area (Å²) in [6, 6.07) is 2.00. The van der Waals surface area contributed by atoms with Crippen molar-refractivity contribution in [2.45, 2.75) is 19.1 Å². The second-order valence-electron chi connectivity index (χ2n) is 4.10. The number of non-ortho nitro benzene ring substituents is 1. The molecule has 0 amide bonds. The number of benzene rings is 1. The first-order valence-electron chi connectivity index (χ1n) is 5.37. The van der Waals surface area contributed by atoms with Crippen molar-refractivity contribution in [1.29, 1.82) is 0 Å². The Morgan fingerprint density at radius 1 is 1.47 bits per heavy atom. The molecule has 1 rings (SSSR count). The van der Waals surface area contributed by atoms with E-state index in [0.29, 0.717) is 6.07 Å². The van der Waals surface area contributed by atoms with Crippen molar-refractivity contribution in [3.63, 3.8) is 0 Å². The predicted molar refractivity (Wildman–Crippen MR) is 63.0 cm³/mol. The van der Waals surface area contributed by atoms with Crippen LogP contribution in [0.25, 0.3) is 0 Å². The monoisotopic (exact) mass is 278 g/mol. The molecular formula is C11H13F3N2O3. The largest absolute Gasteiger partial charge is 0.418 e. The summed E-state index contributed by atoms with van der Waals surface area (Å²) in [5.74, 6) is 0. The van der Waals surface area contributed by atoms with Gasteiger partial charge in [0.15, 0.2) is 0 Å². The van der Waals surface area contributed by atoms with E-state index in [1.54, 1.807) is 6.92 Å². The number of likely N-dealkylation sites (N-methyl/N-ethyl adjacent to an activating group) is 1. The standard InChI is InChI=1S/C11H13F3N2O3/c1-7(6-17)15(2)10-4-3-8(16(18)19)5-9(10)11(12,13)14/h3-5,7,17H,6H2,1-2H3. The van der Waals surface area contributed by atoms with E-state index in [9.17, 15) is 23.3 Å². The first-order valence-corrected chi connectivity index (χ1v) is 5.37. The zero-order valence-electron chi connectivity index (χ0n) is 10.3. The summed E-state index contributed by atoms with van der Waals surface area (Å²) >= 11 is 0. The number of aliphatic hydroxyl groups is 1. The molecule has 1 unspecified atom stereocenters. The fraction of sp³-hybridized carbons (Fsp3) is 0.455. The third kappa shape index (κ3) is 3.34. The molecule has 0 saturated heterocycles. The van der Waals surface area contributed by atoms with Crippen LogP contribution in [0.5, 0.6) is 0 Å². The summed E-state index contributed by atoms with van der Waals surface area (Å²) < 4.78 is 38.7. The van der Waals surface area contributed by atoms with E-state index in [2.05, 4.69) is 0 Å². The van der Waals surface area contributed by atoms with Crippen LogP contribution >= 0.6 is 0 Å². The molecule has 0 aliphatic carbocycles. The van der Waals surface area contributed by atoms with Gasteiger partial charge in [-0.25, -0.2) is 0 Å². The van der Waals surface area contributed by atoms with E-state index in [0.717, 1.165) is 12.1 Å². The van der Waals surface area contributed by atoms with Crippen LogP contribution in [0.2, 0.25) is 0 Å². The summed E-state index contributed by atoms with van der Waals surface area (Å²) in [6.45, 7) is 1.21. The Balaban J connectivity index is 3.36. The lowest BCUT2D eigenvalue weighted by Gasteiger charge is -2.28. The average Bonchev–Trinajstić information content (AvgIpc) is 2.35. The van der Waals surface area contributed by atoms with Gasteiger partial charge in [-0.15, -0.1) is 0 Å². The van der Waals surface area contributed by atoms with Crippen LogP contribution in [0, 0.1) is 10.1 Å². The minimum atomic E-state index is -4.70. The molecular weight excluding hydrogens is 265 g/mol. The van der Waals surface area contributed by atoms with Gasteiger partial charge in [-0.3, -0.25) is 10.1 Å². The van der Waals surface area contributed by atoms with E-state index in [-0.39, 0.29) is 12.3 Å². The summed E-state index contributed by atoms with van der Waals surface area (Å²) in [5.41, 5.74) is -1.93. The molecule has 1 aromatic carbocycles. The van der Waals surface area contributed by atoms with E-state index < -0.39 is 28.4 Å². The van der Waals surface area contributed by atoms with Gasteiger partial charge in [-0.05, 0) is 13.0 Å². The lowest BCUT2D eigenvalue weighted by atomic mass is 10.1. The summed E-state index contributed by atoms with van der Waals surface area (Å²) in [5, 5.41) is 19.5. The van der Waals surface area contributed by atoms with E-state index >= 15 is 0 Å². The number of nitro benzene ring substituents is 1. The van der Waals surface area contributed by atoms with Crippen molar-refractivity contribution in [1.82, 2.24) is 0 Å². The van der Waals surface area contributed by atoms with E-state index in [1.165, 1.54) is 11.9 Å². The minimum Gasteiger partial charge on any atom is -0.394 e. The zero-order valence-corrected chi connectivity index (χ0v) is 10.3. The second kappa shape index (κ2) is 5.43. The number of hydrogen-bond acceptors (Lipinski definition) is 4. The number of hydrogen-bond donors (Lipinski definition) is 1.